The molecule has 56 heavy (non-hydrogen) atoms. The molecule has 0 aromatic rings. The predicted octanol–water partition coefficient (Wildman–Crippen LogP) is 10.9. The highest BCUT2D eigenvalue weighted by Crippen LogP contribution is 2.19. The fourth-order valence-corrected chi connectivity index (χ4v) is 6.85. The molecule has 0 saturated heterocycles. The lowest BCUT2D eigenvalue weighted by Gasteiger charge is -2.30. The number of unbranched alkanes of at least 4 members (excludes halogenated alkanes) is 28. The molecule has 0 rings (SSSR count). The van der Waals surface area contributed by atoms with Crippen molar-refractivity contribution >= 4 is 24.1 Å². The molecule has 0 aromatic carbocycles. The zero-order valence-corrected chi connectivity index (χ0v) is 35.2. The number of rotatable bonds is 40. The molecule has 0 unspecified atom stereocenters. The van der Waals surface area contributed by atoms with Crippen molar-refractivity contribution in [2.75, 3.05) is 6.61 Å². The highest BCUT2D eigenvalue weighted by Gasteiger charge is 2.43. The summed E-state index contributed by atoms with van der Waals surface area (Å²) < 4.78 is 48.9. The Hall–Kier alpha value is -2.21. The number of esters is 2. The predicted molar refractivity (Wildman–Crippen MR) is 216 cm³/mol. The van der Waals surface area contributed by atoms with E-state index in [4.69, 9.17) is 9.47 Å². The number of aliphatic hydroxyl groups is 2. The van der Waals surface area contributed by atoms with Gasteiger partial charge < -0.3 is 29.8 Å². The summed E-state index contributed by atoms with van der Waals surface area (Å²) in [5, 5.41) is 22.8. The fraction of sp³-hybridized carbons (Fsp3) is 0.909. The van der Waals surface area contributed by atoms with Gasteiger partial charge in [-0.2, -0.15) is 13.2 Å². The van der Waals surface area contributed by atoms with Crippen LogP contribution in [0.2, 0.25) is 0 Å². The van der Waals surface area contributed by atoms with Crippen molar-refractivity contribution in [2.45, 2.75) is 250 Å². The van der Waals surface area contributed by atoms with Gasteiger partial charge in [0.1, 0.15) is 31.1 Å². The summed E-state index contributed by atoms with van der Waals surface area (Å²) in [4.78, 5) is 48.1. The molecule has 1 amide bonds. The molecule has 0 aliphatic rings. The highest BCUT2D eigenvalue weighted by molar-refractivity contribution is 5.84. The summed E-state index contributed by atoms with van der Waals surface area (Å²) in [5.74, 6) is -3.96. The summed E-state index contributed by atoms with van der Waals surface area (Å²) in [6.45, 7) is 3.72. The summed E-state index contributed by atoms with van der Waals surface area (Å²) in [6.07, 6.45) is 23.1. The summed E-state index contributed by atoms with van der Waals surface area (Å²) in [5.41, 5.74) is 0. The maximum Gasteiger partial charge on any atom is 0.471 e. The topological polar surface area (TPSA) is 139 Å². The molecule has 3 N–H and O–H groups in total. The van der Waals surface area contributed by atoms with Gasteiger partial charge in [-0.25, -0.2) is 0 Å². The van der Waals surface area contributed by atoms with Gasteiger partial charge in [0.15, 0.2) is 6.10 Å². The van der Waals surface area contributed by atoms with Crippen LogP contribution < -0.4 is 5.32 Å². The van der Waals surface area contributed by atoms with Crippen LogP contribution in [0.25, 0.3) is 0 Å². The van der Waals surface area contributed by atoms with Gasteiger partial charge in [-0.05, 0) is 12.8 Å². The number of hydrogen-bond donors (Lipinski definition) is 3. The molecule has 0 aromatic heterocycles. The average molecular weight is 808 g/mol. The first-order valence-electron chi connectivity index (χ1n) is 22.5. The number of aliphatic hydroxyl groups excluding tert-OH is 2. The van der Waals surface area contributed by atoms with E-state index in [1.807, 2.05) is 0 Å². The molecule has 330 valence electrons. The van der Waals surface area contributed by atoms with Gasteiger partial charge in [0.05, 0.1) is 0 Å². The molecular formula is C44H80F3NO8. The van der Waals surface area contributed by atoms with E-state index in [9.17, 15) is 42.6 Å². The second-order valence-corrected chi connectivity index (χ2v) is 15.7. The zero-order chi connectivity index (χ0) is 41.7. The number of ether oxygens (including phenoxy) is 2. The Balaban J connectivity index is 4.55. The van der Waals surface area contributed by atoms with E-state index in [-0.39, 0.29) is 19.1 Å². The Labute approximate surface area is 337 Å². The number of alkyl halides is 3. The smallest absolute Gasteiger partial charge is 0.463 e. The number of carbonyl (C=O) groups is 4. The summed E-state index contributed by atoms with van der Waals surface area (Å²) in [6, 6.07) is -2.15. The van der Waals surface area contributed by atoms with Gasteiger partial charge in [0.25, 0.3) is 0 Å². The number of nitrogens with one attached hydrogen (secondary N) is 1. The van der Waals surface area contributed by atoms with E-state index < -0.39 is 55.0 Å². The lowest BCUT2D eigenvalue weighted by atomic mass is 10.0. The van der Waals surface area contributed by atoms with Crippen molar-refractivity contribution in [3.05, 3.63) is 0 Å². The third-order valence-corrected chi connectivity index (χ3v) is 10.4. The van der Waals surface area contributed by atoms with Gasteiger partial charge in [-0.3, -0.25) is 14.4 Å². The van der Waals surface area contributed by atoms with Crippen LogP contribution in [0, 0.1) is 0 Å². The third-order valence-electron chi connectivity index (χ3n) is 10.4. The Bertz CT molecular complexity index is 967. The second kappa shape index (κ2) is 37.1. The first-order chi connectivity index (χ1) is 27.0. The summed E-state index contributed by atoms with van der Waals surface area (Å²) >= 11 is 0. The molecule has 0 heterocycles. The van der Waals surface area contributed by atoms with E-state index in [0.717, 1.165) is 51.4 Å². The van der Waals surface area contributed by atoms with E-state index in [2.05, 4.69) is 13.8 Å². The molecular weight excluding hydrogens is 727 g/mol. The SMILES string of the molecule is CCCCCCCCCCCCCCCCCC(=O)OC[C@@H](O)[C@@H](OC(=O)CCCCCCCCCCCCCCCCC)[C@H](O)[C@H](C=O)NC(=O)C(F)(F)F. The summed E-state index contributed by atoms with van der Waals surface area (Å²) in [7, 11) is 0. The number of halogens is 3. The van der Waals surface area contributed by atoms with Crippen molar-refractivity contribution in [3.8, 4) is 0 Å². The Morgan fingerprint density at radius 2 is 0.875 bits per heavy atom. The van der Waals surface area contributed by atoms with Crippen molar-refractivity contribution < 1.29 is 52.0 Å². The molecule has 0 saturated carbocycles. The first-order valence-corrected chi connectivity index (χ1v) is 22.5. The van der Waals surface area contributed by atoms with Crippen molar-refractivity contribution in [2.24, 2.45) is 0 Å². The Kier molecular flexibility index (Phi) is 35.6. The van der Waals surface area contributed by atoms with Crippen LogP contribution in [0.5, 0.6) is 0 Å². The van der Waals surface area contributed by atoms with Crippen molar-refractivity contribution in [3.63, 3.8) is 0 Å². The monoisotopic (exact) mass is 808 g/mol. The van der Waals surface area contributed by atoms with E-state index in [0.29, 0.717) is 12.8 Å². The lowest BCUT2D eigenvalue weighted by Crippen LogP contribution is -2.57. The normalized spacial score (nSPS) is 13.8. The number of amides is 1. The van der Waals surface area contributed by atoms with Crippen molar-refractivity contribution in [1.29, 1.82) is 0 Å². The molecule has 0 bridgehead atoms. The fourth-order valence-electron chi connectivity index (χ4n) is 6.85. The molecule has 0 aliphatic heterocycles. The molecule has 0 spiro atoms. The Morgan fingerprint density at radius 1 is 0.554 bits per heavy atom. The number of carbonyl (C=O) groups excluding carboxylic acids is 4. The minimum atomic E-state index is -5.35. The van der Waals surface area contributed by atoms with Crippen LogP contribution in [0.1, 0.15) is 219 Å². The largest absolute Gasteiger partial charge is 0.471 e. The van der Waals surface area contributed by atoms with Gasteiger partial charge in [-0.15, -0.1) is 0 Å². The van der Waals surface area contributed by atoms with Gasteiger partial charge >= 0.3 is 24.0 Å². The lowest BCUT2D eigenvalue weighted by molar-refractivity contribution is -0.180. The molecule has 0 radical (unpaired) electrons. The molecule has 9 nitrogen and oxygen atoms in total. The quantitative estimate of drug-likeness (QED) is 0.0316. The number of aldehydes is 1. The van der Waals surface area contributed by atoms with Gasteiger partial charge in [0.2, 0.25) is 0 Å². The maximum atomic E-state index is 12.9. The third kappa shape index (κ3) is 31.8. The second-order valence-electron chi connectivity index (χ2n) is 15.7. The van der Waals surface area contributed by atoms with E-state index in [1.54, 1.807) is 0 Å². The maximum absolute atomic E-state index is 12.9. The molecule has 0 aliphatic carbocycles. The average Bonchev–Trinajstić information content (AvgIpc) is 3.17. The van der Waals surface area contributed by atoms with Crippen LogP contribution >= 0.6 is 0 Å². The van der Waals surface area contributed by atoms with Gasteiger partial charge in [-0.1, -0.05) is 194 Å². The van der Waals surface area contributed by atoms with Crippen molar-refractivity contribution in [1.82, 2.24) is 5.32 Å². The van der Waals surface area contributed by atoms with E-state index in [1.165, 1.54) is 134 Å². The zero-order valence-electron chi connectivity index (χ0n) is 35.2. The Morgan fingerprint density at radius 3 is 1.20 bits per heavy atom. The molecule has 12 heteroatoms. The van der Waals surface area contributed by atoms with Crippen LogP contribution in [0.15, 0.2) is 0 Å². The molecule has 4 atom stereocenters. The van der Waals surface area contributed by atoms with Crippen LogP contribution in [-0.4, -0.2) is 71.5 Å². The van der Waals surface area contributed by atoms with Crippen LogP contribution in [0.3, 0.4) is 0 Å². The first kappa shape index (κ1) is 53.8. The molecule has 0 fully saturated rings. The van der Waals surface area contributed by atoms with Crippen LogP contribution in [0.4, 0.5) is 13.2 Å². The van der Waals surface area contributed by atoms with Gasteiger partial charge in [0, 0.05) is 12.8 Å². The van der Waals surface area contributed by atoms with E-state index >= 15 is 0 Å². The standard InChI is InChI=1S/C44H80F3NO8/c1-3-5-7-9-11-13-15-17-19-21-23-25-27-29-31-33-39(51)55-36-38(50)42(41(53)37(35-49)48-43(54)44(45,46)47)56-40(52)34-32-30-28-26-24-22-20-18-16-14-12-10-8-6-4-2/h35,37-38,41-42,50,53H,3-34,36H2,1-2H3,(H,48,54)/t37-,38+,41+,42+/m0/s1. The number of hydrogen-bond acceptors (Lipinski definition) is 8. The minimum Gasteiger partial charge on any atom is -0.463 e. The minimum absolute atomic E-state index is 0.0791. The van der Waals surface area contributed by atoms with Crippen LogP contribution in [-0.2, 0) is 28.7 Å². The highest BCUT2D eigenvalue weighted by atomic mass is 19.4.